The molecule has 1 aromatic heterocycles. The molecule has 0 N–H and O–H groups in total. The van der Waals surface area contributed by atoms with E-state index in [0.29, 0.717) is 34.4 Å². The maximum atomic E-state index is 12.5. The highest BCUT2D eigenvalue weighted by Gasteiger charge is 2.41. The minimum Gasteiger partial charge on any atom is -0.619 e. The third kappa shape index (κ3) is 4.01. The lowest BCUT2D eigenvalue weighted by Gasteiger charge is -2.29. The Labute approximate surface area is 123 Å². The Bertz CT molecular complexity index is 459. The summed E-state index contributed by atoms with van der Waals surface area (Å²) >= 11 is 3.21. The van der Waals surface area contributed by atoms with E-state index < -0.39 is 12.1 Å². The average Bonchev–Trinajstić information content (AvgIpc) is 2.37. The summed E-state index contributed by atoms with van der Waals surface area (Å²) in [5.41, 5.74) is 0. The second-order valence-electron chi connectivity index (χ2n) is 5.09. The quantitative estimate of drug-likeness (QED) is 0.611. The number of nitrogens with zero attached hydrogens (tertiary/aromatic N) is 1. The summed E-state index contributed by atoms with van der Waals surface area (Å²) in [6, 6.07) is 1.54. The Kier molecular flexibility index (Phi) is 4.78. The molecule has 7 heteroatoms. The zero-order valence-corrected chi connectivity index (χ0v) is 12.3. The minimum atomic E-state index is -4.07. The van der Waals surface area contributed by atoms with Crippen molar-refractivity contribution in [1.82, 2.24) is 0 Å². The predicted molar refractivity (Wildman–Crippen MR) is 70.1 cm³/mol. The van der Waals surface area contributed by atoms with Crippen molar-refractivity contribution in [2.45, 2.75) is 31.9 Å². The smallest absolute Gasteiger partial charge is 0.391 e. The van der Waals surface area contributed by atoms with E-state index in [2.05, 4.69) is 15.9 Å². The first-order valence-corrected chi connectivity index (χ1v) is 7.23. The third-order valence-electron chi connectivity index (χ3n) is 3.63. The van der Waals surface area contributed by atoms with Crippen LogP contribution in [-0.2, 0) is 0 Å². The molecule has 0 saturated heterocycles. The first-order chi connectivity index (χ1) is 9.36. The van der Waals surface area contributed by atoms with Crippen molar-refractivity contribution in [2.24, 2.45) is 11.8 Å². The molecule has 0 spiro atoms. The molecule has 20 heavy (non-hydrogen) atoms. The molecule has 0 unspecified atom stereocenters. The number of hydrogen-bond acceptors (Lipinski definition) is 2. The van der Waals surface area contributed by atoms with Crippen molar-refractivity contribution in [3.63, 3.8) is 0 Å². The van der Waals surface area contributed by atoms with E-state index in [-0.39, 0.29) is 18.8 Å². The number of hydrogen-bond donors (Lipinski definition) is 0. The Morgan fingerprint density at radius 3 is 2.50 bits per heavy atom. The highest BCUT2D eigenvalue weighted by atomic mass is 79.9. The molecule has 1 aromatic rings. The SMILES string of the molecule is [O-][n+]1ccc(OC[C@H]2CC[C@H](C(F)(F)F)CC2)c(Br)c1. The van der Waals surface area contributed by atoms with E-state index in [1.54, 1.807) is 6.07 Å². The number of rotatable bonds is 3. The summed E-state index contributed by atoms with van der Waals surface area (Å²) < 4.78 is 44.4. The molecule has 3 nitrogen and oxygen atoms in total. The van der Waals surface area contributed by atoms with Crippen LogP contribution in [0.4, 0.5) is 13.2 Å². The molecule has 112 valence electrons. The molecule has 1 saturated carbocycles. The lowest BCUT2D eigenvalue weighted by Crippen LogP contribution is -2.29. The second kappa shape index (κ2) is 6.20. The summed E-state index contributed by atoms with van der Waals surface area (Å²) in [5.74, 6) is -0.489. The first kappa shape index (κ1) is 15.4. The molecule has 0 atom stereocenters. The van der Waals surface area contributed by atoms with Crippen LogP contribution in [0, 0.1) is 17.0 Å². The van der Waals surface area contributed by atoms with Crippen LogP contribution in [0.3, 0.4) is 0 Å². The van der Waals surface area contributed by atoms with Gasteiger partial charge in [0.1, 0.15) is 10.2 Å². The van der Waals surface area contributed by atoms with Crippen molar-refractivity contribution >= 4 is 15.9 Å². The first-order valence-electron chi connectivity index (χ1n) is 6.44. The maximum Gasteiger partial charge on any atom is 0.391 e. The molecule has 0 amide bonds. The molecule has 0 aromatic carbocycles. The van der Waals surface area contributed by atoms with Gasteiger partial charge in [0.2, 0.25) is 0 Å². The van der Waals surface area contributed by atoms with Crippen LogP contribution >= 0.6 is 15.9 Å². The van der Waals surface area contributed by atoms with Crippen LogP contribution in [-0.4, -0.2) is 12.8 Å². The fourth-order valence-corrected chi connectivity index (χ4v) is 2.87. The summed E-state index contributed by atoms with van der Waals surface area (Å²) in [6.07, 6.45) is -0.0268. The number of ether oxygens (including phenoxy) is 1. The molecule has 2 rings (SSSR count). The van der Waals surface area contributed by atoms with Crippen molar-refractivity contribution in [3.05, 3.63) is 28.1 Å². The van der Waals surface area contributed by atoms with Gasteiger partial charge in [-0.3, -0.25) is 0 Å². The van der Waals surface area contributed by atoms with E-state index in [1.165, 1.54) is 12.4 Å². The van der Waals surface area contributed by atoms with E-state index in [0.717, 1.165) is 0 Å². The van der Waals surface area contributed by atoms with Gasteiger partial charge in [-0.25, -0.2) is 0 Å². The normalized spacial score (nSPS) is 23.6. The molecule has 0 aliphatic heterocycles. The molecule has 1 aliphatic carbocycles. The fraction of sp³-hybridized carbons (Fsp3) is 0.615. The molecule has 1 heterocycles. The van der Waals surface area contributed by atoms with Gasteiger partial charge in [-0.1, -0.05) is 0 Å². The lowest BCUT2D eigenvalue weighted by atomic mass is 9.82. The topological polar surface area (TPSA) is 36.2 Å². The van der Waals surface area contributed by atoms with Gasteiger partial charge in [-0.2, -0.15) is 17.9 Å². The van der Waals surface area contributed by atoms with Gasteiger partial charge in [0, 0.05) is 6.07 Å². The number of aromatic nitrogens is 1. The van der Waals surface area contributed by atoms with E-state index in [4.69, 9.17) is 4.74 Å². The molecule has 0 radical (unpaired) electrons. The van der Waals surface area contributed by atoms with Crippen LogP contribution in [0.15, 0.2) is 22.9 Å². The van der Waals surface area contributed by atoms with Gasteiger partial charge >= 0.3 is 6.18 Å². The monoisotopic (exact) mass is 353 g/mol. The summed E-state index contributed by atoms with van der Waals surface area (Å²) in [4.78, 5) is 0. The third-order valence-corrected chi connectivity index (χ3v) is 4.23. The summed E-state index contributed by atoms with van der Waals surface area (Å²) in [6.45, 7) is 0.381. The van der Waals surface area contributed by atoms with Gasteiger partial charge in [-0.15, -0.1) is 0 Å². The molecule has 1 aliphatic rings. The van der Waals surface area contributed by atoms with Gasteiger partial charge in [0.05, 0.1) is 12.5 Å². The standard InChI is InChI=1S/C13H15BrF3NO2/c14-11-7-18(19)6-5-12(11)20-8-9-1-3-10(4-2-9)13(15,16)17/h5-7,9-10H,1-4,8H2/t9-,10-. The highest BCUT2D eigenvalue weighted by molar-refractivity contribution is 9.10. The predicted octanol–water partition coefficient (Wildman–Crippen LogP) is 3.83. The Morgan fingerprint density at radius 2 is 1.95 bits per heavy atom. The maximum absolute atomic E-state index is 12.5. The average molecular weight is 354 g/mol. The van der Waals surface area contributed by atoms with Crippen LogP contribution in [0.25, 0.3) is 0 Å². The number of pyridine rings is 1. The molecular weight excluding hydrogens is 339 g/mol. The zero-order valence-electron chi connectivity index (χ0n) is 10.7. The van der Waals surface area contributed by atoms with E-state index in [1.807, 2.05) is 0 Å². The van der Waals surface area contributed by atoms with Gasteiger partial charge in [0.25, 0.3) is 0 Å². The Balaban J connectivity index is 1.82. The number of halogens is 4. The van der Waals surface area contributed by atoms with Crippen LogP contribution in [0.5, 0.6) is 5.75 Å². The zero-order chi connectivity index (χ0) is 14.8. The van der Waals surface area contributed by atoms with Crippen molar-refractivity contribution in [2.75, 3.05) is 6.61 Å². The van der Waals surface area contributed by atoms with Crippen LogP contribution < -0.4 is 9.47 Å². The van der Waals surface area contributed by atoms with Gasteiger partial charge in [0.15, 0.2) is 12.4 Å². The summed E-state index contributed by atoms with van der Waals surface area (Å²) in [5, 5.41) is 11.0. The van der Waals surface area contributed by atoms with Crippen molar-refractivity contribution in [3.8, 4) is 5.75 Å². The van der Waals surface area contributed by atoms with Crippen LogP contribution in [0.2, 0.25) is 0 Å². The summed E-state index contributed by atoms with van der Waals surface area (Å²) in [7, 11) is 0. The molecular formula is C13H15BrF3NO2. The van der Waals surface area contributed by atoms with Gasteiger partial charge < -0.3 is 9.94 Å². The van der Waals surface area contributed by atoms with E-state index in [9.17, 15) is 18.4 Å². The Hall–Kier alpha value is -0.980. The fourth-order valence-electron chi connectivity index (χ4n) is 2.42. The van der Waals surface area contributed by atoms with Crippen LogP contribution in [0.1, 0.15) is 25.7 Å². The lowest BCUT2D eigenvalue weighted by molar-refractivity contribution is -0.606. The second-order valence-corrected chi connectivity index (χ2v) is 5.94. The molecule has 1 fully saturated rings. The van der Waals surface area contributed by atoms with Crippen molar-refractivity contribution in [1.29, 1.82) is 0 Å². The number of alkyl halides is 3. The minimum absolute atomic E-state index is 0.139. The van der Waals surface area contributed by atoms with E-state index >= 15 is 0 Å². The highest BCUT2D eigenvalue weighted by Crippen LogP contribution is 2.39. The largest absolute Gasteiger partial charge is 0.619 e. The molecule has 0 bridgehead atoms. The van der Waals surface area contributed by atoms with Gasteiger partial charge in [-0.05, 0) is 47.5 Å². The Morgan fingerprint density at radius 1 is 1.30 bits per heavy atom. The van der Waals surface area contributed by atoms with Crippen molar-refractivity contribution < 1.29 is 22.6 Å².